The first-order valence-electron chi connectivity index (χ1n) is 7.58. The molecule has 0 unspecified atom stereocenters. The molecule has 1 N–H and O–H groups in total. The minimum atomic E-state index is 0.154. The lowest BCUT2D eigenvalue weighted by molar-refractivity contribution is -0.121. The van der Waals surface area contributed by atoms with Crippen molar-refractivity contribution in [2.45, 2.75) is 25.7 Å². The molecule has 1 amide bonds. The summed E-state index contributed by atoms with van der Waals surface area (Å²) in [6.07, 6.45) is 3.84. The maximum absolute atomic E-state index is 11.9. The van der Waals surface area contributed by atoms with Gasteiger partial charge in [-0.15, -0.1) is 0 Å². The first-order chi connectivity index (χ1) is 10.3. The van der Waals surface area contributed by atoms with Crippen molar-refractivity contribution in [3.8, 4) is 5.75 Å². The van der Waals surface area contributed by atoms with Crippen molar-refractivity contribution in [1.29, 1.82) is 0 Å². The molecule has 2 aromatic rings. The number of methoxy groups -OCH3 is 1. The number of amides is 1. The standard InChI is InChI=1S/C18H21NO2/c1-21-16-9-7-14-3-2-4-15(17(14)11-16)8-10-18(20)19-12-13-5-6-13/h2-4,7,9,11,13H,5-6,8,10,12H2,1H3,(H,19,20). The molecule has 0 atom stereocenters. The average molecular weight is 283 g/mol. The Balaban J connectivity index is 1.68. The molecule has 110 valence electrons. The first-order valence-corrected chi connectivity index (χ1v) is 7.58. The number of fused-ring (bicyclic) bond motifs is 1. The highest BCUT2D eigenvalue weighted by molar-refractivity contribution is 5.87. The highest BCUT2D eigenvalue weighted by Crippen LogP contribution is 2.28. The van der Waals surface area contributed by atoms with E-state index in [4.69, 9.17) is 4.74 Å². The normalized spacial score (nSPS) is 14.1. The van der Waals surface area contributed by atoms with Gasteiger partial charge in [-0.1, -0.05) is 24.3 Å². The number of rotatable bonds is 6. The van der Waals surface area contributed by atoms with Crippen LogP contribution in [0.25, 0.3) is 10.8 Å². The molecule has 0 aromatic heterocycles. The molecule has 1 saturated carbocycles. The molecule has 3 rings (SSSR count). The van der Waals surface area contributed by atoms with E-state index in [0.29, 0.717) is 6.42 Å². The monoisotopic (exact) mass is 283 g/mol. The Kier molecular flexibility index (Phi) is 4.09. The van der Waals surface area contributed by atoms with E-state index < -0.39 is 0 Å². The summed E-state index contributed by atoms with van der Waals surface area (Å²) in [6.45, 7) is 0.849. The first kappa shape index (κ1) is 13.9. The largest absolute Gasteiger partial charge is 0.497 e. The number of hydrogen-bond donors (Lipinski definition) is 1. The highest BCUT2D eigenvalue weighted by atomic mass is 16.5. The van der Waals surface area contributed by atoms with Gasteiger partial charge in [0, 0.05) is 13.0 Å². The Labute approximate surface area is 125 Å². The van der Waals surface area contributed by atoms with Crippen LogP contribution in [0, 0.1) is 5.92 Å². The zero-order valence-corrected chi connectivity index (χ0v) is 12.4. The van der Waals surface area contributed by atoms with Crippen LogP contribution >= 0.6 is 0 Å². The van der Waals surface area contributed by atoms with Crippen LogP contribution in [-0.2, 0) is 11.2 Å². The fourth-order valence-electron chi connectivity index (χ4n) is 2.58. The molecule has 0 bridgehead atoms. The van der Waals surface area contributed by atoms with Crippen LogP contribution in [0.15, 0.2) is 36.4 Å². The van der Waals surface area contributed by atoms with E-state index in [1.807, 2.05) is 18.2 Å². The van der Waals surface area contributed by atoms with Crippen molar-refractivity contribution >= 4 is 16.7 Å². The summed E-state index contributed by atoms with van der Waals surface area (Å²) in [6, 6.07) is 12.3. The number of ether oxygens (including phenoxy) is 1. The number of carbonyl (C=O) groups is 1. The van der Waals surface area contributed by atoms with Crippen LogP contribution in [0.3, 0.4) is 0 Å². The predicted octanol–water partition coefficient (Wildman–Crippen LogP) is 3.31. The maximum atomic E-state index is 11.9. The molecule has 1 fully saturated rings. The van der Waals surface area contributed by atoms with Crippen molar-refractivity contribution in [1.82, 2.24) is 5.32 Å². The Hall–Kier alpha value is -2.03. The van der Waals surface area contributed by atoms with Gasteiger partial charge in [0.05, 0.1) is 7.11 Å². The number of aryl methyl sites for hydroxylation is 1. The summed E-state index contributed by atoms with van der Waals surface area (Å²) < 4.78 is 5.30. The van der Waals surface area contributed by atoms with E-state index in [1.165, 1.54) is 29.2 Å². The van der Waals surface area contributed by atoms with Crippen molar-refractivity contribution in [3.05, 3.63) is 42.0 Å². The van der Waals surface area contributed by atoms with Crippen LogP contribution in [-0.4, -0.2) is 19.6 Å². The molecule has 1 aliphatic rings. The Bertz CT molecular complexity index is 647. The summed E-state index contributed by atoms with van der Waals surface area (Å²) in [7, 11) is 1.68. The Morgan fingerprint density at radius 3 is 2.90 bits per heavy atom. The predicted molar refractivity (Wildman–Crippen MR) is 84.6 cm³/mol. The van der Waals surface area contributed by atoms with Crippen molar-refractivity contribution < 1.29 is 9.53 Å². The summed E-state index contributed by atoms with van der Waals surface area (Å²) in [4.78, 5) is 11.9. The Morgan fingerprint density at radius 1 is 1.29 bits per heavy atom. The van der Waals surface area contributed by atoms with E-state index in [1.54, 1.807) is 7.11 Å². The zero-order chi connectivity index (χ0) is 14.7. The molecule has 3 nitrogen and oxygen atoms in total. The molecule has 0 saturated heterocycles. The topological polar surface area (TPSA) is 38.3 Å². The van der Waals surface area contributed by atoms with Gasteiger partial charge in [-0.25, -0.2) is 0 Å². The second-order valence-electron chi connectivity index (χ2n) is 5.75. The summed E-state index contributed by atoms with van der Waals surface area (Å²) in [5.74, 6) is 1.74. The van der Waals surface area contributed by atoms with Gasteiger partial charge in [0.1, 0.15) is 5.75 Å². The zero-order valence-electron chi connectivity index (χ0n) is 12.4. The summed E-state index contributed by atoms with van der Waals surface area (Å²) in [5.41, 5.74) is 1.20. The van der Waals surface area contributed by atoms with Crippen molar-refractivity contribution in [3.63, 3.8) is 0 Å². The number of hydrogen-bond acceptors (Lipinski definition) is 2. The molecule has 0 radical (unpaired) electrons. The molecule has 0 heterocycles. The van der Waals surface area contributed by atoms with Crippen molar-refractivity contribution in [2.75, 3.05) is 13.7 Å². The fourth-order valence-corrected chi connectivity index (χ4v) is 2.58. The van der Waals surface area contributed by atoms with Gasteiger partial charge >= 0.3 is 0 Å². The molecule has 1 aliphatic carbocycles. The number of nitrogens with one attached hydrogen (secondary N) is 1. The van der Waals surface area contributed by atoms with Crippen LogP contribution in [0.5, 0.6) is 5.75 Å². The average Bonchev–Trinajstić information content (AvgIpc) is 3.34. The van der Waals surface area contributed by atoms with Gasteiger partial charge in [-0.05, 0) is 53.6 Å². The lowest BCUT2D eigenvalue weighted by atomic mass is 10.0. The second-order valence-corrected chi connectivity index (χ2v) is 5.75. The molecule has 0 aliphatic heterocycles. The number of benzene rings is 2. The molecule has 0 spiro atoms. The van der Waals surface area contributed by atoms with E-state index in [0.717, 1.165) is 24.6 Å². The lowest BCUT2D eigenvalue weighted by Crippen LogP contribution is -2.25. The Morgan fingerprint density at radius 2 is 2.14 bits per heavy atom. The van der Waals surface area contributed by atoms with Gasteiger partial charge in [0.15, 0.2) is 0 Å². The molecule has 3 heteroatoms. The lowest BCUT2D eigenvalue weighted by Gasteiger charge is -2.09. The highest BCUT2D eigenvalue weighted by Gasteiger charge is 2.21. The molecular weight excluding hydrogens is 262 g/mol. The number of carbonyl (C=O) groups excluding carboxylic acids is 1. The van der Waals surface area contributed by atoms with Gasteiger partial charge in [0.25, 0.3) is 0 Å². The minimum absolute atomic E-state index is 0.154. The quantitative estimate of drug-likeness (QED) is 0.883. The van der Waals surface area contributed by atoms with Crippen molar-refractivity contribution in [2.24, 2.45) is 5.92 Å². The van der Waals surface area contributed by atoms with Gasteiger partial charge in [-0.3, -0.25) is 4.79 Å². The SMILES string of the molecule is COc1ccc2cccc(CCC(=O)NCC3CC3)c2c1. The third-order valence-corrected chi connectivity index (χ3v) is 4.09. The van der Waals surface area contributed by atoms with Gasteiger partial charge in [0.2, 0.25) is 5.91 Å². The fraction of sp³-hybridized carbons (Fsp3) is 0.389. The van der Waals surface area contributed by atoms with Crippen LogP contribution < -0.4 is 10.1 Å². The smallest absolute Gasteiger partial charge is 0.220 e. The van der Waals surface area contributed by atoms with E-state index in [9.17, 15) is 4.79 Å². The van der Waals surface area contributed by atoms with E-state index >= 15 is 0 Å². The minimum Gasteiger partial charge on any atom is -0.497 e. The second kappa shape index (κ2) is 6.17. The maximum Gasteiger partial charge on any atom is 0.220 e. The summed E-state index contributed by atoms with van der Waals surface area (Å²) in [5, 5.41) is 5.38. The summed E-state index contributed by atoms with van der Waals surface area (Å²) >= 11 is 0. The third-order valence-electron chi connectivity index (χ3n) is 4.09. The van der Waals surface area contributed by atoms with Crippen LogP contribution in [0.2, 0.25) is 0 Å². The van der Waals surface area contributed by atoms with Crippen LogP contribution in [0.1, 0.15) is 24.8 Å². The van der Waals surface area contributed by atoms with E-state index in [2.05, 4.69) is 23.5 Å². The van der Waals surface area contributed by atoms with Crippen LogP contribution in [0.4, 0.5) is 0 Å². The van der Waals surface area contributed by atoms with Gasteiger partial charge in [-0.2, -0.15) is 0 Å². The van der Waals surface area contributed by atoms with Gasteiger partial charge < -0.3 is 10.1 Å². The molecule has 2 aromatic carbocycles. The molecule has 21 heavy (non-hydrogen) atoms. The third kappa shape index (κ3) is 3.54. The van der Waals surface area contributed by atoms with E-state index in [-0.39, 0.29) is 5.91 Å². The molecular formula is C18H21NO2.